The van der Waals surface area contributed by atoms with E-state index in [1.54, 1.807) is 12.1 Å². The first-order valence-corrected chi connectivity index (χ1v) is 13.5. The van der Waals surface area contributed by atoms with Crippen molar-refractivity contribution in [3.63, 3.8) is 0 Å². The molecule has 2 unspecified atom stereocenters. The minimum absolute atomic E-state index is 0.00456. The second-order valence-corrected chi connectivity index (χ2v) is 11.6. The summed E-state index contributed by atoms with van der Waals surface area (Å²) in [6.45, 7) is 6.32. The third kappa shape index (κ3) is 6.43. The SMILES string of the molecule is CC(C)C1(C(=O)NCc2cccc(SC(F)(F)F)c2)CCC(N2CCC(c3ccc(F)cc3)CC2)C1. The number of nitrogens with zero attached hydrogens (tertiary/aromatic N) is 1. The molecule has 2 aromatic rings. The Bertz CT molecular complexity index is 1030. The van der Waals surface area contributed by atoms with Crippen LogP contribution in [0.15, 0.2) is 53.4 Å². The van der Waals surface area contributed by atoms with Crippen LogP contribution in [-0.2, 0) is 11.3 Å². The van der Waals surface area contributed by atoms with E-state index in [0.717, 1.165) is 45.2 Å². The molecule has 36 heavy (non-hydrogen) atoms. The van der Waals surface area contributed by atoms with Gasteiger partial charge >= 0.3 is 5.51 Å². The summed E-state index contributed by atoms with van der Waals surface area (Å²) in [6.07, 6.45) is 4.61. The topological polar surface area (TPSA) is 32.3 Å². The molecule has 0 bridgehead atoms. The Hall–Kier alpha value is -2.06. The minimum atomic E-state index is -4.34. The van der Waals surface area contributed by atoms with Gasteiger partial charge in [0.2, 0.25) is 5.91 Å². The highest BCUT2D eigenvalue weighted by molar-refractivity contribution is 8.00. The smallest absolute Gasteiger partial charge is 0.352 e. The van der Waals surface area contributed by atoms with Gasteiger partial charge in [0.05, 0.1) is 5.41 Å². The van der Waals surface area contributed by atoms with E-state index in [9.17, 15) is 22.4 Å². The van der Waals surface area contributed by atoms with Crippen molar-refractivity contribution in [1.29, 1.82) is 0 Å². The van der Waals surface area contributed by atoms with E-state index in [1.165, 1.54) is 29.8 Å². The van der Waals surface area contributed by atoms with Gasteiger partial charge in [-0.3, -0.25) is 4.79 Å². The molecule has 4 rings (SSSR count). The molecule has 3 nitrogen and oxygen atoms in total. The largest absolute Gasteiger partial charge is 0.446 e. The fraction of sp³-hybridized carbons (Fsp3) is 0.536. The number of alkyl halides is 3. The van der Waals surface area contributed by atoms with Crippen LogP contribution in [0, 0.1) is 17.2 Å². The van der Waals surface area contributed by atoms with E-state index >= 15 is 0 Å². The molecule has 8 heteroatoms. The zero-order valence-corrected chi connectivity index (χ0v) is 21.6. The van der Waals surface area contributed by atoms with Gasteiger partial charge in [0.25, 0.3) is 0 Å². The second kappa shape index (κ2) is 11.1. The molecule has 0 aromatic heterocycles. The number of nitrogens with one attached hydrogen (secondary N) is 1. The van der Waals surface area contributed by atoms with Crippen molar-refractivity contribution in [1.82, 2.24) is 10.2 Å². The standard InChI is InChI=1S/C28H34F4N2OS/c1-19(2)27(26(35)33-18-20-4-3-5-25(16-20)36-28(30,31)32)13-10-24(17-27)34-14-11-22(12-15-34)21-6-8-23(29)9-7-21/h3-9,16,19,22,24H,10-15,17-18H2,1-2H3,(H,33,35). The molecule has 1 aliphatic heterocycles. The lowest BCUT2D eigenvalue weighted by Gasteiger charge is -2.38. The highest BCUT2D eigenvalue weighted by Crippen LogP contribution is 2.47. The number of carbonyl (C=O) groups excluding carboxylic acids is 1. The first-order chi connectivity index (χ1) is 17.1. The molecule has 1 heterocycles. The van der Waals surface area contributed by atoms with Gasteiger partial charge in [-0.25, -0.2) is 4.39 Å². The number of hydrogen-bond donors (Lipinski definition) is 1. The Labute approximate surface area is 215 Å². The van der Waals surface area contributed by atoms with Crippen LogP contribution in [0.2, 0.25) is 0 Å². The van der Waals surface area contributed by atoms with E-state index in [-0.39, 0.29) is 40.8 Å². The van der Waals surface area contributed by atoms with Crippen LogP contribution in [0.5, 0.6) is 0 Å². The van der Waals surface area contributed by atoms with Crippen LogP contribution in [0.25, 0.3) is 0 Å². The number of benzene rings is 2. The highest BCUT2D eigenvalue weighted by Gasteiger charge is 2.49. The Morgan fingerprint density at radius 3 is 2.44 bits per heavy atom. The normalized spacial score (nSPS) is 23.8. The van der Waals surface area contributed by atoms with Gasteiger partial charge in [-0.2, -0.15) is 13.2 Å². The van der Waals surface area contributed by atoms with Gasteiger partial charge in [0, 0.05) is 17.5 Å². The first kappa shape index (κ1) is 27.0. The van der Waals surface area contributed by atoms with Gasteiger partial charge in [-0.05, 0) is 104 Å². The summed E-state index contributed by atoms with van der Waals surface area (Å²) in [4.78, 5) is 16.1. The van der Waals surface area contributed by atoms with Crippen LogP contribution >= 0.6 is 11.8 Å². The Balaban J connectivity index is 1.34. The molecule has 1 saturated heterocycles. The summed E-state index contributed by atoms with van der Waals surface area (Å²) in [6, 6.07) is 13.4. The van der Waals surface area contributed by atoms with Crippen molar-refractivity contribution in [3.8, 4) is 0 Å². The lowest BCUT2D eigenvalue weighted by molar-refractivity contribution is -0.133. The van der Waals surface area contributed by atoms with Crippen molar-refractivity contribution in [2.24, 2.45) is 11.3 Å². The quantitative estimate of drug-likeness (QED) is 0.310. The molecular weight excluding hydrogens is 488 g/mol. The van der Waals surface area contributed by atoms with E-state index in [4.69, 9.17) is 0 Å². The van der Waals surface area contributed by atoms with Crippen molar-refractivity contribution in [2.75, 3.05) is 13.1 Å². The molecule has 1 aliphatic carbocycles. The zero-order valence-electron chi connectivity index (χ0n) is 20.8. The van der Waals surface area contributed by atoms with Crippen LogP contribution in [0.4, 0.5) is 17.6 Å². The maximum absolute atomic E-state index is 13.4. The Morgan fingerprint density at radius 1 is 1.11 bits per heavy atom. The van der Waals surface area contributed by atoms with Gasteiger partial charge in [-0.1, -0.05) is 38.1 Å². The number of piperidine rings is 1. The fourth-order valence-corrected chi connectivity index (χ4v) is 6.52. The van der Waals surface area contributed by atoms with E-state index in [0.29, 0.717) is 17.5 Å². The molecule has 2 fully saturated rings. The third-order valence-electron chi connectivity index (χ3n) is 8.05. The van der Waals surface area contributed by atoms with E-state index < -0.39 is 10.9 Å². The molecule has 2 aliphatic rings. The molecule has 1 amide bonds. The predicted molar refractivity (Wildman–Crippen MR) is 135 cm³/mol. The molecule has 2 atom stereocenters. The van der Waals surface area contributed by atoms with Crippen LogP contribution in [-0.4, -0.2) is 35.4 Å². The van der Waals surface area contributed by atoms with Crippen molar-refractivity contribution in [3.05, 3.63) is 65.5 Å². The maximum atomic E-state index is 13.4. The summed E-state index contributed by atoms with van der Waals surface area (Å²) in [5.41, 5.74) is -2.96. The Morgan fingerprint density at radius 2 is 1.81 bits per heavy atom. The summed E-state index contributed by atoms with van der Waals surface area (Å²) < 4.78 is 51.4. The number of carbonyl (C=O) groups is 1. The third-order valence-corrected chi connectivity index (χ3v) is 8.77. The fourth-order valence-electron chi connectivity index (χ4n) is 5.90. The molecule has 196 valence electrons. The number of likely N-dealkylation sites (tertiary alicyclic amines) is 1. The number of thioether (sulfide) groups is 1. The average molecular weight is 523 g/mol. The van der Waals surface area contributed by atoms with Crippen molar-refractivity contribution >= 4 is 17.7 Å². The summed E-state index contributed by atoms with van der Waals surface area (Å²) in [5.74, 6) is 0.382. The van der Waals surface area contributed by atoms with Crippen molar-refractivity contribution in [2.45, 2.75) is 74.9 Å². The first-order valence-electron chi connectivity index (χ1n) is 12.7. The van der Waals surface area contributed by atoms with Gasteiger partial charge < -0.3 is 10.2 Å². The molecule has 2 aromatic carbocycles. The number of rotatable bonds is 7. The van der Waals surface area contributed by atoms with Crippen LogP contribution in [0.3, 0.4) is 0 Å². The lowest BCUT2D eigenvalue weighted by atomic mass is 9.74. The number of hydrogen-bond acceptors (Lipinski definition) is 3. The minimum Gasteiger partial charge on any atom is -0.352 e. The summed E-state index contributed by atoms with van der Waals surface area (Å²) in [5, 5.41) is 3.03. The van der Waals surface area contributed by atoms with Crippen LogP contribution < -0.4 is 5.32 Å². The second-order valence-electron chi connectivity index (χ2n) is 10.4. The summed E-state index contributed by atoms with van der Waals surface area (Å²) in [7, 11) is 0. The molecule has 1 saturated carbocycles. The van der Waals surface area contributed by atoms with Gasteiger partial charge in [0.1, 0.15) is 5.82 Å². The average Bonchev–Trinajstić information content (AvgIpc) is 3.29. The number of halogens is 4. The molecule has 1 N–H and O–H groups in total. The molecule has 0 spiro atoms. The monoisotopic (exact) mass is 522 g/mol. The highest BCUT2D eigenvalue weighted by atomic mass is 32.2. The van der Waals surface area contributed by atoms with E-state index in [2.05, 4.69) is 24.1 Å². The molecule has 0 radical (unpaired) electrons. The number of amides is 1. The van der Waals surface area contributed by atoms with E-state index in [1.807, 2.05) is 12.1 Å². The van der Waals surface area contributed by atoms with Gasteiger partial charge in [0.15, 0.2) is 0 Å². The maximum Gasteiger partial charge on any atom is 0.446 e. The Kier molecular flexibility index (Phi) is 8.35. The van der Waals surface area contributed by atoms with Gasteiger partial charge in [-0.15, -0.1) is 0 Å². The summed E-state index contributed by atoms with van der Waals surface area (Å²) >= 11 is -0.141. The lowest BCUT2D eigenvalue weighted by Crippen LogP contribution is -2.45. The van der Waals surface area contributed by atoms with Crippen LogP contribution in [0.1, 0.15) is 63.0 Å². The zero-order chi connectivity index (χ0) is 25.9. The van der Waals surface area contributed by atoms with Crippen molar-refractivity contribution < 1.29 is 22.4 Å². The molecular formula is C28H34F4N2OS. The predicted octanol–water partition coefficient (Wildman–Crippen LogP) is 7.13.